The SMILES string of the molecule is Cc1cc(C(=O)Oc2ccc([N+](=O)[O-])cc2)ccc1O.Cc1cc(C(=O)Oc2ccc([N+](=O)[O-])cc2)ccc1O. The molecule has 40 heavy (non-hydrogen) atoms. The van der Waals surface area contributed by atoms with Crippen LogP contribution in [-0.4, -0.2) is 32.0 Å². The molecule has 0 heterocycles. The smallest absolute Gasteiger partial charge is 0.343 e. The third kappa shape index (κ3) is 7.61. The van der Waals surface area contributed by atoms with Gasteiger partial charge in [0.2, 0.25) is 0 Å². The zero-order chi connectivity index (χ0) is 29.4. The van der Waals surface area contributed by atoms with Crippen LogP contribution in [0.1, 0.15) is 31.8 Å². The van der Waals surface area contributed by atoms with Crippen molar-refractivity contribution < 1.29 is 39.1 Å². The first-order valence-corrected chi connectivity index (χ1v) is 11.5. The molecule has 0 aliphatic heterocycles. The molecule has 0 bridgehead atoms. The van der Waals surface area contributed by atoms with Gasteiger partial charge < -0.3 is 19.7 Å². The van der Waals surface area contributed by atoms with E-state index in [0.29, 0.717) is 22.3 Å². The van der Waals surface area contributed by atoms with Gasteiger partial charge in [-0.25, -0.2) is 9.59 Å². The van der Waals surface area contributed by atoms with Crippen molar-refractivity contribution in [2.24, 2.45) is 0 Å². The minimum atomic E-state index is -0.595. The number of nitro benzene ring substituents is 2. The molecule has 4 aromatic carbocycles. The van der Waals surface area contributed by atoms with E-state index in [9.17, 15) is 40.0 Å². The molecule has 0 atom stereocenters. The van der Waals surface area contributed by atoms with Crippen molar-refractivity contribution in [2.45, 2.75) is 13.8 Å². The van der Waals surface area contributed by atoms with Crippen molar-refractivity contribution in [1.82, 2.24) is 0 Å². The number of benzene rings is 4. The van der Waals surface area contributed by atoms with E-state index in [0.717, 1.165) is 0 Å². The molecule has 0 aliphatic carbocycles. The first-order valence-electron chi connectivity index (χ1n) is 11.5. The third-order valence-corrected chi connectivity index (χ3v) is 5.38. The maximum Gasteiger partial charge on any atom is 0.343 e. The average Bonchev–Trinajstić information content (AvgIpc) is 2.92. The molecule has 0 aromatic heterocycles. The summed E-state index contributed by atoms with van der Waals surface area (Å²) in [5.41, 5.74) is 1.54. The van der Waals surface area contributed by atoms with Crippen LogP contribution in [0.3, 0.4) is 0 Å². The number of nitrogens with zero attached hydrogens (tertiary/aromatic N) is 2. The van der Waals surface area contributed by atoms with Crippen molar-refractivity contribution in [3.05, 3.63) is 127 Å². The molecule has 0 saturated carbocycles. The fourth-order valence-corrected chi connectivity index (χ4v) is 3.17. The van der Waals surface area contributed by atoms with Gasteiger partial charge >= 0.3 is 11.9 Å². The lowest BCUT2D eigenvalue weighted by atomic mass is 10.1. The van der Waals surface area contributed by atoms with Gasteiger partial charge in [0, 0.05) is 24.3 Å². The highest BCUT2D eigenvalue weighted by Gasteiger charge is 2.13. The van der Waals surface area contributed by atoms with E-state index in [1.54, 1.807) is 13.8 Å². The van der Waals surface area contributed by atoms with Gasteiger partial charge in [0.1, 0.15) is 23.0 Å². The van der Waals surface area contributed by atoms with Crippen LogP contribution in [0.2, 0.25) is 0 Å². The number of hydrogen-bond donors (Lipinski definition) is 2. The zero-order valence-electron chi connectivity index (χ0n) is 21.1. The molecule has 0 unspecified atom stereocenters. The number of aromatic hydroxyl groups is 2. The van der Waals surface area contributed by atoms with Gasteiger partial charge in [-0.2, -0.15) is 0 Å². The van der Waals surface area contributed by atoms with Crippen molar-refractivity contribution in [1.29, 1.82) is 0 Å². The molecule has 0 saturated heterocycles. The Morgan fingerprint density at radius 3 is 1.20 bits per heavy atom. The van der Waals surface area contributed by atoms with Gasteiger partial charge in [-0.05, 0) is 85.6 Å². The molecule has 0 amide bonds. The highest BCUT2D eigenvalue weighted by atomic mass is 16.6. The Kier molecular flexibility index (Phi) is 9.10. The minimum absolute atomic E-state index is 0.0784. The third-order valence-electron chi connectivity index (χ3n) is 5.38. The zero-order valence-corrected chi connectivity index (χ0v) is 21.1. The molecule has 0 radical (unpaired) electrons. The fourth-order valence-electron chi connectivity index (χ4n) is 3.17. The summed E-state index contributed by atoms with van der Waals surface area (Å²) in [5.74, 6) is -0.574. The lowest BCUT2D eigenvalue weighted by molar-refractivity contribution is -0.385. The summed E-state index contributed by atoms with van der Waals surface area (Å²) in [6.45, 7) is 3.33. The Bertz CT molecular complexity index is 1450. The Labute approximate surface area is 227 Å². The summed E-state index contributed by atoms with van der Waals surface area (Å²) >= 11 is 0. The predicted octanol–water partition coefficient (Wildman–Crippen LogP) is 5.66. The molecule has 2 N–H and O–H groups in total. The number of rotatable bonds is 6. The van der Waals surface area contributed by atoms with Gasteiger partial charge in [-0.3, -0.25) is 20.2 Å². The van der Waals surface area contributed by atoms with Gasteiger partial charge in [0.15, 0.2) is 0 Å². The van der Waals surface area contributed by atoms with Crippen LogP contribution in [0.15, 0.2) is 84.9 Å². The maximum atomic E-state index is 11.9. The van der Waals surface area contributed by atoms with Gasteiger partial charge in [-0.1, -0.05) is 0 Å². The monoisotopic (exact) mass is 546 g/mol. The normalized spacial score (nSPS) is 10.1. The largest absolute Gasteiger partial charge is 0.508 e. The number of carbonyl (C=O) groups excluding carboxylic acids is 2. The molecule has 0 spiro atoms. The summed E-state index contributed by atoms with van der Waals surface area (Å²) in [7, 11) is 0. The summed E-state index contributed by atoms with van der Waals surface area (Å²) in [5, 5.41) is 39.8. The van der Waals surface area contributed by atoms with Crippen molar-refractivity contribution in [3.8, 4) is 23.0 Å². The van der Waals surface area contributed by atoms with Gasteiger partial charge in [0.25, 0.3) is 11.4 Å². The van der Waals surface area contributed by atoms with E-state index in [4.69, 9.17) is 9.47 Å². The summed E-state index contributed by atoms with van der Waals surface area (Å²) in [4.78, 5) is 43.7. The van der Waals surface area contributed by atoms with Gasteiger partial charge in [-0.15, -0.1) is 0 Å². The van der Waals surface area contributed by atoms with E-state index >= 15 is 0 Å². The fraction of sp³-hybridized carbons (Fsp3) is 0.0714. The Morgan fingerprint density at radius 1 is 0.600 bits per heavy atom. The molecular formula is C28H22N2O10. The lowest BCUT2D eigenvalue weighted by Gasteiger charge is -2.05. The Hall–Kier alpha value is -5.78. The number of non-ortho nitro benzene ring substituents is 2. The molecule has 204 valence electrons. The number of hydrogen-bond acceptors (Lipinski definition) is 10. The number of phenolic OH excluding ortho intramolecular Hbond substituents is 2. The van der Waals surface area contributed by atoms with Crippen LogP contribution >= 0.6 is 0 Å². The topological polar surface area (TPSA) is 179 Å². The second kappa shape index (κ2) is 12.6. The highest BCUT2D eigenvalue weighted by Crippen LogP contribution is 2.22. The number of esters is 2. The maximum absolute atomic E-state index is 11.9. The Morgan fingerprint density at radius 2 is 0.925 bits per heavy atom. The van der Waals surface area contributed by atoms with Crippen molar-refractivity contribution in [3.63, 3.8) is 0 Å². The van der Waals surface area contributed by atoms with Crippen molar-refractivity contribution >= 4 is 23.3 Å². The van der Waals surface area contributed by atoms with Crippen LogP contribution in [0.25, 0.3) is 0 Å². The van der Waals surface area contributed by atoms with E-state index in [1.165, 1.54) is 84.9 Å². The molecule has 12 heteroatoms. The van der Waals surface area contributed by atoms with Crippen LogP contribution < -0.4 is 9.47 Å². The molecule has 4 aromatic rings. The van der Waals surface area contributed by atoms with Crippen LogP contribution in [0.4, 0.5) is 11.4 Å². The molecule has 0 aliphatic rings. The van der Waals surface area contributed by atoms with Gasteiger partial charge in [0.05, 0.1) is 21.0 Å². The first kappa shape index (κ1) is 28.8. The van der Waals surface area contributed by atoms with Crippen molar-refractivity contribution in [2.75, 3.05) is 0 Å². The second-order valence-corrected chi connectivity index (χ2v) is 8.28. The predicted molar refractivity (Wildman–Crippen MR) is 142 cm³/mol. The second-order valence-electron chi connectivity index (χ2n) is 8.28. The highest BCUT2D eigenvalue weighted by molar-refractivity contribution is 5.92. The molecule has 0 fully saturated rings. The average molecular weight is 546 g/mol. The standard InChI is InChI=1S/2C14H11NO5/c2*1-9-8-10(2-7-13(9)16)14(17)20-12-5-3-11(4-6-12)15(18)19/h2*2-8,16H,1H3. The Balaban J connectivity index is 0.000000220. The van der Waals surface area contributed by atoms with Crippen LogP contribution in [-0.2, 0) is 0 Å². The number of carbonyl (C=O) groups is 2. The quantitative estimate of drug-likeness (QED) is 0.133. The summed E-state index contributed by atoms with van der Waals surface area (Å²) in [6, 6.07) is 19.1. The van der Waals surface area contributed by atoms with E-state index in [2.05, 4.69) is 0 Å². The molecule has 12 nitrogen and oxygen atoms in total. The summed E-state index contributed by atoms with van der Waals surface area (Å²) in [6.07, 6.45) is 0. The minimum Gasteiger partial charge on any atom is -0.508 e. The number of phenols is 2. The van der Waals surface area contributed by atoms with Crippen LogP contribution in [0, 0.1) is 34.1 Å². The van der Waals surface area contributed by atoms with E-state index in [1.807, 2.05) is 0 Å². The van der Waals surface area contributed by atoms with E-state index < -0.39 is 21.8 Å². The van der Waals surface area contributed by atoms with E-state index in [-0.39, 0.29) is 34.4 Å². The first-order chi connectivity index (χ1) is 18.9. The molecular weight excluding hydrogens is 524 g/mol. The molecule has 4 rings (SSSR count). The lowest BCUT2D eigenvalue weighted by Crippen LogP contribution is -2.08. The number of aryl methyl sites for hydroxylation is 2. The number of ether oxygens (including phenoxy) is 2. The number of nitro groups is 2. The van der Waals surface area contributed by atoms with Crippen LogP contribution in [0.5, 0.6) is 23.0 Å². The summed E-state index contributed by atoms with van der Waals surface area (Å²) < 4.78 is 10.2.